The van der Waals surface area contributed by atoms with Crippen molar-refractivity contribution in [2.45, 2.75) is 26.3 Å². The van der Waals surface area contributed by atoms with Crippen molar-refractivity contribution in [1.29, 1.82) is 0 Å². The van der Waals surface area contributed by atoms with Crippen LogP contribution in [0.4, 0.5) is 0 Å². The summed E-state index contributed by atoms with van der Waals surface area (Å²) >= 11 is 0. The lowest BCUT2D eigenvalue weighted by atomic mass is 10.0. The van der Waals surface area contributed by atoms with Gasteiger partial charge in [-0.25, -0.2) is 0 Å². The second-order valence-corrected chi connectivity index (χ2v) is 4.42. The number of benzene rings is 1. The van der Waals surface area contributed by atoms with Crippen LogP contribution in [0.5, 0.6) is 0 Å². The average Bonchev–Trinajstić information content (AvgIpc) is 2.59. The SMILES string of the molecule is CC(C)CC(N)c1cc2ccccc2o1. The molecule has 0 aliphatic rings. The highest BCUT2D eigenvalue weighted by molar-refractivity contribution is 5.77. The summed E-state index contributed by atoms with van der Waals surface area (Å²) in [6, 6.07) is 10.1. The smallest absolute Gasteiger partial charge is 0.134 e. The molecule has 2 aromatic rings. The van der Waals surface area contributed by atoms with Crippen LogP contribution in [0, 0.1) is 5.92 Å². The van der Waals surface area contributed by atoms with E-state index in [-0.39, 0.29) is 6.04 Å². The zero-order valence-corrected chi connectivity index (χ0v) is 9.23. The van der Waals surface area contributed by atoms with Crippen molar-refractivity contribution in [3.63, 3.8) is 0 Å². The third-order valence-corrected chi connectivity index (χ3v) is 2.54. The predicted molar refractivity (Wildman–Crippen MR) is 62.6 cm³/mol. The molecule has 2 rings (SSSR count). The molecule has 0 saturated heterocycles. The Labute approximate surface area is 90.1 Å². The fourth-order valence-corrected chi connectivity index (χ4v) is 1.81. The maximum atomic E-state index is 6.07. The molecule has 1 aromatic heterocycles. The molecule has 1 heterocycles. The topological polar surface area (TPSA) is 39.2 Å². The second kappa shape index (κ2) is 4.07. The number of furan rings is 1. The van der Waals surface area contributed by atoms with Crippen molar-refractivity contribution in [1.82, 2.24) is 0 Å². The highest BCUT2D eigenvalue weighted by Crippen LogP contribution is 2.25. The van der Waals surface area contributed by atoms with Crippen molar-refractivity contribution in [2.75, 3.05) is 0 Å². The van der Waals surface area contributed by atoms with E-state index in [1.165, 1.54) is 0 Å². The lowest BCUT2D eigenvalue weighted by molar-refractivity contribution is 0.431. The van der Waals surface area contributed by atoms with Gasteiger partial charge in [0.1, 0.15) is 11.3 Å². The van der Waals surface area contributed by atoms with Crippen molar-refractivity contribution in [3.8, 4) is 0 Å². The van der Waals surface area contributed by atoms with E-state index >= 15 is 0 Å². The van der Waals surface area contributed by atoms with E-state index in [9.17, 15) is 0 Å². The first kappa shape index (κ1) is 10.2. The maximum absolute atomic E-state index is 6.07. The maximum Gasteiger partial charge on any atom is 0.134 e. The Hall–Kier alpha value is -1.28. The first-order valence-corrected chi connectivity index (χ1v) is 5.41. The molecule has 0 aliphatic heterocycles. The molecule has 0 fully saturated rings. The van der Waals surface area contributed by atoms with Crippen LogP contribution in [0.1, 0.15) is 32.1 Å². The molecule has 2 N–H and O–H groups in total. The third-order valence-electron chi connectivity index (χ3n) is 2.54. The Balaban J connectivity index is 2.28. The number of hydrogen-bond donors (Lipinski definition) is 1. The van der Waals surface area contributed by atoms with Gasteiger partial charge >= 0.3 is 0 Å². The van der Waals surface area contributed by atoms with E-state index in [0.717, 1.165) is 23.2 Å². The summed E-state index contributed by atoms with van der Waals surface area (Å²) in [5, 5.41) is 1.13. The van der Waals surface area contributed by atoms with Crippen molar-refractivity contribution in [3.05, 3.63) is 36.1 Å². The molecule has 1 aromatic carbocycles. The molecule has 80 valence electrons. The number of fused-ring (bicyclic) bond motifs is 1. The number of hydrogen-bond acceptors (Lipinski definition) is 2. The first-order valence-electron chi connectivity index (χ1n) is 5.41. The number of para-hydroxylation sites is 1. The summed E-state index contributed by atoms with van der Waals surface area (Å²) in [5.74, 6) is 1.48. The van der Waals surface area contributed by atoms with Crippen LogP contribution >= 0.6 is 0 Å². The van der Waals surface area contributed by atoms with Gasteiger partial charge in [0.05, 0.1) is 6.04 Å². The Bertz CT molecular complexity index is 411. The van der Waals surface area contributed by atoms with Gasteiger partial charge in [0, 0.05) is 5.39 Å². The van der Waals surface area contributed by atoms with Crippen LogP contribution in [0.3, 0.4) is 0 Å². The lowest BCUT2D eigenvalue weighted by Gasteiger charge is -2.10. The Morgan fingerprint density at radius 2 is 2.00 bits per heavy atom. The highest BCUT2D eigenvalue weighted by atomic mass is 16.3. The molecule has 0 spiro atoms. The molecule has 15 heavy (non-hydrogen) atoms. The zero-order valence-electron chi connectivity index (χ0n) is 9.23. The molecule has 0 aliphatic carbocycles. The van der Waals surface area contributed by atoms with Crippen LogP contribution in [-0.2, 0) is 0 Å². The minimum absolute atomic E-state index is 0.0115. The number of nitrogens with two attached hydrogens (primary N) is 1. The molecule has 0 amide bonds. The fraction of sp³-hybridized carbons (Fsp3) is 0.385. The quantitative estimate of drug-likeness (QED) is 0.829. The molecule has 0 radical (unpaired) electrons. The second-order valence-electron chi connectivity index (χ2n) is 4.42. The van der Waals surface area contributed by atoms with Gasteiger partial charge in [0.25, 0.3) is 0 Å². The van der Waals surface area contributed by atoms with E-state index in [1.807, 2.05) is 30.3 Å². The molecular weight excluding hydrogens is 186 g/mol. The minimum Gasteiger partial charge on any atom is -0.459 e. The van der Waals surface area contributed by atoms with Crippen LogP contribution in [0.25, 0.3) is 11.0 Å². The van der Waals surface area contributed by atoms with E-state index in [4.69, 9.17) is 10.2 Å². The average molecular weight is 203 g/mol. The minimum atomic E-state index is 0.0115. The number of rotatable bonds is 3. The Morgan fingerprint density at radius 3 is 2.67 bits per heavy atom. The summed E-state index contributed by atoms with van der Waals surface area (Å²) in [4.78, 5) is 0. The molecule has 1 unspecified atom stereocenters. The monoisotopic (exact) mass is 203 g/mol. The summed E-state index contributed by atoms with van der Waals surface area (Å²) in [6.07, 6.45) is 0.958. The normalized spacial score (nSPS) is 13.6. The van der Waals surface area contributed by atoms with E-state index in [0.29, 0.717) is 5.92 Å². The lowest BCUT2D eigenvalue weighted by Crippen LogP contribution is -2.11. The van der Waals surface area contributed by atoms with Gasteiger partial charge in [-0.3, -0.25) is 0 Å². The van der Waals surface area contributed by atoms with Crippen LogP contribution in [0.15, 0.2) is 34.7 Å². The summed E-state index contributed by atoms with van der Waals surface area (Å²) in [6.45, 7) is 4.34. The van der Waals surface area contributed by atoms with Crippen LogP contribution < -0.4 is 5.73 Å². The fourth-order valence-electron chi connectivity index (χ4n) is 1.81. The van der Waals surface area contributed by atoms with Crippen molar-refractivity contribution < 1.29 is 4.42 Å². The molecule has 1 atom stereocenters. The van der Waals surface area contributed by atoms with Gasteiger partial charge in [-0.1, -0.05) is 32.0 Å². The van der Waals surface area contributed by atoms with Gasteiger partial charge < -0.3 is 10.2 Å². The van der Waals surface area contributed by atoms with Crippen LogP contribution in [-0.4, -0.2) is 0 Å². The third kappa shape index (κ3) is 2.21. The van der Waals surface area contributed by atoms with Gasteiger partial charge in [-0.2, -0.15) is 0 Å². The highest BCUT2D eigenvalue weighted by Gasteiger charge is 2.12. The first-order chi connectivity index (χ1) is 7.16. The van der Waals surface area contributed by atoms with Crippen LogP contribution in [0.2, 0.25) is 0 Å². The van der Waals surface area contributed by atoms with Gasteiger partial charge in [0.2, 0.25) is 0 Å². The Morgan fingerprint density at radius 1 is 1.27 bits per heavy atom. The molecular formula is C13H17NO. The summed E-state index contributed by atoms with van der Waals surface area (Å²) in [5.41, 5.74) is 6.99. The van der Waals surface area contributed by atoms with Gasteiger partial charge in [0.15, 0.2) is 0 Å². The zero-order chi connectivity index (χ0) is 10.8. The largest absolute Gasteiger partial charge is 0.459 e. The predicted octanol–water partition coefficient (Wildman–Crippen LogP) is 3.48. The summed E-state index contributed by atoms with van der Waals surface area (Å²) in [7, 11) is 0. The van der Waals surface area contributed by atoms with Crippen molar-refractivity contribution in [2.24, 2.45) is 11.7 Å². The summed E-state index contributed by atoms with van der Waals surface area (Å²) < 4.78 is 5.71. The van der Waals surface area contributed by atoms with E-state index in [1.54, 1.807) is 0 Å². The van der Waals surface area contributed by atoms with E-state index < -0.39 is 0 Å². The van der Waals surface area contributed by atoms with E-state index in [2.05, 4.69) is 13.8 Å². The molecule has 0 saturated carbocycles. The molecule has 0 bridgehead atoms. The Kier molecular flexibility index (Phi) is 2.78. The van der Waals surface area contributed by atoms with Gasteiger partial charge in [-0.15, -0.1) is 0 Å². The molecule has 2 nitrogen and oxygen atoms in total. The van der Waals surface area contributed by atoms with Crippen molar-refractivity contribution >= 4 is 11.0 Å². The van der Waals surface area contributed by atoms with Gasteiger partial charge in [-0.05, 0) is 24.5 Å². The standard InChI is InChI=1S/C13H17NO/c1-9(2)7-11(14)13-8-10-5-3-4-6-12(10)15-13/h3-6,8-9,11H,7,14H2,1-2H3. The molecule has 2 heteroatoms.